The first-order chi connectivity index (χ1) is 12.3. The van der Waals surface area contributed by atoms with Crippen molar-refractivity contribution in [1.82, 2.24) is 5.32 Å². The molecule has 9 heteroatoms. The van der Waals surface area contributed by atoms with Crippen molar-refractivity contribution in [2.24, 2.45) is 5.14 Å². The molecule has 136 valence electrons. The second-order valence-electron chi connectivity index (χ2n) is 5.87. The number of nitrogens with two attached hydrogens (primary N) is 1. The molecule has 2 aromatic carbocycles. The molecule has 0 saturated carbocycles. The molecule has 0 radical (unpaired) electrons. The minimum absolute atomic E-state index is 0.0160. The van der Waals surface area contributed by atoms with Crippen LogP contribution in [0.15, 0.2) is 53.4 Å². The fourth-order valence-electron chi connectivity index (χ4n) is 2.69. The highest BCUT2D eigenvalue weighted by atomic mass is 35.5. The predicted molar refractivity (Wildman–Crippen MR) is 97.0 cm³/mol. The number of amides is 2. The summed E-state index contributed by atoms with van der Waals surface area (Å²) in [7, 11) is -3.74. The SMILES string of the molecule is NS(=O)(=O)c1ccc(CN[C@@H]2CC(=O)N(c3ccc(Cl)cc3)C2=O)cc1. The van der Waals surface area contributed by atoms with Gasteiger partial charge in [0.25, 0.3) is 5.91 Å². The lowest BCUT2D eigenvalue weighted by molar-refractivity contribution is -0.121. The molecule has 1 heterocycles. The van der Waals surface area contributed by atoms with Crippen molar-refractivity contribution >= 4 is 39.1 Å². The van der Waals surface area contributed by atoms with E-state index in [0.717, 1.165) is 10.5 Å². The van der Waals surface area contributed by atoms with Crippen LogP contribution in [-0.2, 0) is 26.2 Å². The number of sulfonamides is 1. The Balaban J connectivity index is 1.67. The number of nitrogens with one attached hydrogen (secondary N) is 1. The zero-order valence-corrected chi connectivity index (χ0v) is 15.1. The molecule has 0 aromatic heterocycles. The van der Waals surface area contributed by atoms with Gasteiger partial charge in [-0.15, -0.1) is 0 Å². The summed E-state index contributed by atoms with van der Waals surface area (Å²) in [6.07, 6.45) is 0.0523. The lowest BCUT2D eigenvalue weighted by atomic mass is 10.2. The summed E-state index contributed by atoms with van der Waals surface area (Å²) in [4.78, 5) is 25.9. The largest absolute Gasteiger partial charge is 0.301 e. The lowest BCUT2D eigenvalue weighted by Crippen LogP contribution is -2.38. The van der Waals surface area contributed by atoms with Crippen LogP contribution in [0.2, 0.25) is 5.02 Å². The molecule has 26 heavy (non-hydrogen) atoms. The zero-order chi connectivity index (χ0) is 18.9. The third-order valence-corrected chi connectivity index (χ3v) is 5.22. The van der Waals surface area contributed by atoms with Crippen LogP contribution >= 0.6 is 11.6 Å². The van der Waals surface area contributed by atoms with Crippen molar-refractivity contribution in [3.63, 3.8) is 0 Å². The maximum absolute atomic E-state index is 12.5. The Hall–Kier alpha value is -2.26. The third-order valence-electron chi connectivity index (χ3n) is 4.04. The van der Waals surface area contributed by atoms with E-state index in [2.05, 4.69) is 5.32 Å². The second-order valence-corrected chi connectivity index (χ2v) is 7.87. The molecule has 2 aromatic rings. The third kappa shape index (κ3) is 3.94. The van der Waals surface area contributed by atoms with Crippen LogP contribution < -0.4 is 15.4 Å². The fraction of sp³-hybridized carbons (Fsp3) is 0.176. The number of anilines is 1. The first kappa shape index (κ1) is 18.5. The number of nitrogens with zero attached hydrogens (tertiary/aromatic N) is 1. The highest BCUT2D eigenvalue weighted by Crippen LogP contribution is 2.24. The Morgan fingerprint density at radius 3 is 2.27 bits per heavy atom. The van der Waals surface area contributed by atoms with Crippen LogP contribution in [-0.4, -0.2) is 26.3 Å². The van der Waals surface area contributed by atoms with E-state index in [-0.39, 0.29) is 23.1 Å². The van der Waals surface area contributed by atoms with Gasteiger partial charge in [-0.05, 0) is 42.0 Å². The number of hydrogen-bond acceptors (Lipinski definition) is 5. The quantitative estimate of drug-likeness (QED) is 0.746. The molecule has 1 saturated heterocycles. The maximum atomic E-state index is 12.5. The molecule has 1 aliphatic heterocycles. The molecule has 0 unspecified atom stereocenters. The van der Waals surface area contributed by atoms with Crippen molar-refractivity contribution in [3.8, 4) is 0 Å². The van der Waals surface area contributed by atoms with Gasteiger partial charge in [-0.2, -0.15) is 0 Å². The van der Waals surface area contributed by atoms with Crippen LogP contribution in [0.1, 0.15) is 12.0 Å². The molecule has 3 rings (SSSR count). The van der Waals surface area contributed by atoms with Crippen LogP contribution in [0, 0.1) is 0 Å². The number of carbonyl (C=O) groups excluding carboxylic acids is 2. The molecule has 7 nitrogen and oxygen atoms in total. The van der Waals surface area contributed by atoms with Crippen LogP contribution in [0.5, 0.6) is 0 Å². The fourth-order valence-corrected chi connectivity index (χ4v) is 3.33. The molecule has 0 bridgehead atoms. The molecule has 3 N–H and O–H groups in total. The topological polar surface area (TPSA) is 110 Å². The number of carbonyl (C=O) groups is 2. The second kappa shape index (κ2) is 7.16. The van der Waals surface area contributed by atoms with Crippen LogP contribution in [0.25, 0.3) is 0 Å². The molecule has 0 spiro atoms. The number of halogens is 1. The van der Waals surface area contributed by atoms with Crippen molar-refractivity contribution < 1.29 is 18.0 Å². The van der Waals surface area contributed by atoms with Gasteiger partial charge in [0.2, 0.25) is 15.9 Å². The summed E-state index contributed by atoms with van der Waals surface area (Å²) in [5.74, 6) is -0.627. The van der Waals surface area contributed by atoms with E-state index in [4.69, 9.17) is 16.7 Å². The summed E-state index contributed by atoms with van der Waals surface area (Å²) >= 11 is 5.83. The molecule has 2 amide bonds. The number of hydrogen-bond donors (Lipinski definition) is 2. The minimum atomic E-state index is -3.74. The van der Waals surface area contributed by atoms with Gasteiger partial charge in [0, 0.05) is 11.6 Å². The van der Waals surface area contributed by atoms with Gasteiger partial charge in [0.05, 0.1) is 23.0 Å². The van der Waals surface area contributed by atoms with Crippen molar-refractivity contribution in [2.75, 3.05) is 4.90 Å². The average molecular weight is 394 g/mol. The highest BCUT2D eigenvalue weighted by Gasteiger charge is 2.39. The summed E-state index contributed by atoms with van der Waals surface area (Å²) in [5.41, 5.74) is 1.24. The average Bonchev–Trinajstić information content (AvgIpc) is 2.87. The van der Waals surface area contributed by atoms with E-state index >= 15 is 0 Å². The molecule has 1 atom stereocenters. The van der Waals surface area contributed by atoms with Crippen molar-refractivity contribution in [3.05, 3.63) is 59.1 Å². The minimum Gasteiger partial charge on any atom is -0.301 e. The van der Waals surface area contributed by atoms with E-state index in [9.17, 15) is 18.0 Å². The molecule has 1 fully saturated rings. The van der Waals surface area contributed by atoms with Gasteiger partial charge in [0.15, 0.2) is 0 Å². The maximum Gasteiger partial charge on any atom is 0.251 e. The van der Waals surface area contributed by atoms with Crippen molar-refractivity contribution in [1.29, 1.82) is 0 Å². The Labute approximate surface area is 155 Å². The first-order valence-corrected chi connectivity index (χ1v) is 9.65. The van der Waals surface area contributed by atoms with Gasteiger partial charge < -0.3 is 5.32 Å². The van der Waals surface area contributed by atoms with E-state index < -0.39 is 16.1 Å². The van der Waals surface area contributed by atoms with Crippen LogP contribution in [0.3, 0.4) is 0 Å². The Morgan fingerprint density at radius 1 is 1.08 bits per heavy atom. The molecule has 0 aliphatic carbocycles. The van der Waals surface area contributed by atoms with Gasteiger partial charge in [-0.25, -0.2) is 18.5 Å². The van der Waals surface area contributed by atoms with Crippen LogP contribution in [0.4, 0.5) is 5.69 Å². The van der Waals surface area contributed by atoms with Gasteiger partial charge in [-0.1, -0.05) is 23.7 Å². The molecule has 1 aliphatic rings. The predicted octanol–water partition coefficient (Wildman–Crippen LogP) is 1.41. The number of benzene rings is 2. The summed E-state index contributed by atoms with van der Waals surface area (Å²) in [5, 5.41) is 8.60. The summed E-state index contributed by atoms with van der Waals surface area (Å²) in [6, 6.07) is 11.8. The Morgan fingerprint density at radius 2 is 1.69 bits per heavy atom. The van der Waals surface area contributed by atoms with E-state index in [1.807, 2.05) is 0 Å². The van der Waals surface area contributed by atoms with Gasteiger partial charge >= 0.3 is 0 Å². The van der Waals surface area contributed by atoms with E-state index in [1.165, 1.54) is 12.1 Å². The Kier molecular flexibility index (Phi) is 5.10. The monoisotopic (exact) mass is 393 g/mol. The van der Waals surface area contributed by atoms with Crippen molar-refractivity contribution in [2.45, 2.75) is 23.9 Å². The summed E-state index contributed by atoms with van der Waals surface area (Å²) in [6.45, 7) is 0.309. The molecular formula is C17H16ClN3O4S. The van der Waals surface area contributed by atoms with E-state index in [0.29, 0.717) is 17.3 Å². The standard InChI is InChI=1S/C17H16ClN3O4S/c18-12-3-5-13(6-4-12)21-16(22)9-15(17(21)23)20-10-11-1-7-14(8-2-11)26(19,24)25/h1-8,15,20H,9-10H2,(H2,19,24,25)/t15-/m1/s1. The number of imide groups is 1. The number of primary sulfonamides is 1. The normalized spacial score (nSPS) is 17.8. The summed E-state index contributed by atoms with van der Waals surface area (Å²) < 4.78 is 22.5. The lowest BCUT2D eigenvalue weighted by Gasteiger charge is -2.15. The zero-order valence-electron chi connectivity index (χ0n) is 13.6. The molecular weight excluding hydrogens is 378 g/mol. The van der Waals surface area contributed by atoms with E-state index in [1.54, 1.807) is 36.4 Å². The van der Waals surface area contributed by atoms with Gasteiger partial charge in [-0.3, -0.25) is 9.59 Å². The smallest absolute Gasteiger partial charge is 0.251 e. The highest BCUT2D eigenvalue weighted by molar-refractivity contribution is 7.89. The Bertz CT molecular complexity index is 943. The number of rotatable bonds is 5. The van der Waals surface area contributed by atoms with Gasteiger partial charge in [0.1, 0.15) is 0 Å². The first-order valence-electron chi connectivity index (χ1n) is 7.73.